The molecule has 1 aliphatic heterocycles. The monoisotopic (exact) mass is 219 g/mol. The van der Waals surface area contributed by atoms with Gasteiger partial charge < -0.3 is 10.1 Å². The van der Waals surface area contributed by atoms with Crippen molar-refractivity contribution in [1.82, 2.24) is 0 Å². The SMILES string of the molecule is CCOC(=O)[C@H]1CNc2ccccc2C1=O. The van der Waals surface area contributed by atoms with Crippen molar-refractivity contribution in [3.63, 3.8) is 0 Å². The van der Waals surface area contributed by atoms with Gasteiger partial charge in [0, 0.05) is 17.8 Å². The number of hydrogen-bond donors (Lipinski definition) is 1. The van der Waals surface area contributed by atoms with Crippen molar-refractivity contribution in [3.8, 4) is 0 Å². The normalized spacial score (nSPS) is 18.6. The predicted molar refractivity (Wildman–Crippen MR) is 59.4 cm³/mol. The average Bonchev–Trinajstić information content (AvgIpc) is 2.30. The van der Waals surface area contributed by atoms with E-state index in [-0.39, 0.29) is 5.78 Å². The highest BCUT2D eigenvalue weighted by Gasteiger charge is 2.33. The molecule has 1 aliphatic rings. The second-order valence-electron chi connectivity index (χ2n) is 3.60. The van der Waals surface area contributed by atoms with Crippen molar-refractivity contribution in [1.29, 1.82) is 0 Å². The van der Waals surface area contributed by atoms with Crippen LogP contribution in [-0.2, 0) is 9.53 Å². The third-order valence-corrected chi connectivity index (χ3v) is 2.58. The van der Waals surface area contributed by atoms with Crippen LogP contribution in [0.4, 0.5) is 5.69 Å². The average molecular weight is 219 g/mol. The summed E-state index contributed by atoms with van der Waals surface area (Å²) in [5.74, 6) is -1.32. The van der Waals surface area contributed by atoms with Crippen molar-refractivity contribution < 1.29 is 14.3 Å². The molecule has 4 heteroatoms. The third-order valence-electron chi connectivity index (χ3n) is 2.58. The van der Waals surface area contributed by atoms with E-state index in [1.165, 1.54) is 0 Å². The lowest BCUT2D eigenvalue weighted by Gasteiger charge is -2.23. The maximum Gasteiger partial charge on any atom is 0.318 e. The van der Waals surface area contributed by atoms with Gasteiger partial charge in [-0.15, -0.1) is 0 Å². The molecule has 0 saturated carbocycles. The van der Waals surface area contributed by atoms with Crippen LogP contribution in [0, 0.1) is 5.92 Å². The van der Waals surface area contributed by atoms with Crippen LogP contribution >= 0.6 is 0 Å². The smallest absolute Gasteiger partial charge is 0.318 e. The molecule has 0 bridgehead atoms. The number of esters is 1. The van der Waals surface area contributed by atoms with Crippen LogP contribution in [0.1, 0.15) is 17.3 Å². The minimum Gasteiger partial charge on any atom is -0.465 e. The lowest BCUT2D eigenvalue weighted by molar-refractivity contribution is -0.145. The number of ketones is 1. The molecule has 84 valence electrons. The van der Waals surface area contributed by atoms with Gasteiger partial charge in [0.2, 0.25) is 0 Å². The molecule has 1 aromatic rings. The van der Waals surface area contributed by atoms with E-state index in [4.69, 9.17) is 4.74 Å². The summed E-state index contributed by atoms with van der Waals surface area (Å²) in [6.07, 6.45) is 0. The zero-order chi connectivity index (χ0) is 11.5. The first kappa shape index (κ1) is 10.7. The number of Topliss-reactive ketones (excluding diaryl/α,β-unsaturated/α-hetero) is 1. The van der Waals surface area contributed by atoms with Crippen molar-refractivity contribution in [3.05, 3.63) is 29.8 Å². The summed E-state index contributed by atoms with van der Waals surface area (Å²) >= 11 is 0. The molecule has 0 amide bonds. The Morgan fingerprint density at radius 2 is 2.25 bits per heavy atom. The molecular weight excluding hydrogens is 206 g/mol. The molecule has 0 spiro atoms. The molecule has 1 heterocycles. The summed E-state index contributed by atoms with van der Waals surface area (Å²) in [6, 6.07) is 7.18. The highest BCUT2D eigenvalue weighted by molar-refractivity contribution is 6.13. The third kappa shape index (κ3) is 1.78. The van der Waals surface area contributed by atoms with E-state index < -0.39 is 11.9 Å². The number of anilines is 1. The van der Waals surface area contributed by atoms with Crippen LogP contribution in [0.5, 0.6) is 0 Å². The van der Waals surface area contributed by atoms with Crippen LogP contribution in [0.25, 0.3) is 0 Å². The molecule has 0 fully saturated rings. The number of carbonyl (C=O) groups is 2. The van der Waals surface area contributed by atoms with Gasteiger partial charge in [-0.25, -0.2) is 0 Å². The van der Waals surface area contributed by atoms with E-state index in [9.17, 15) is 9.59 Å². The van der Waals surface area contributed by atoms with Gasteiger partial charge in [0.05, 0.1) is 6.61 Å². The van der Waals surface area contributed by atoms with Gasteiger partial charge in [-0.3, -0.25) is 9.59 Å². The Balaban J connectivity index is 2.24. The Bertz CT molecular complexity index is 428. The Labute approximate surface area is 93.6 Å². The lowest BCUT2D eigenvalue weighted by atomic mass is 9.92. The fourth-order valence-corrected chi connectivity index (χ4v) is 1.78. The Morgan fingerprint density at radius 3 is 3.00 bits per heavy atom. The van der Waals surface area contributed by atoms with Gasteiger partial charge in [0.1, 0.15) is 5.92 Å². The Morgan fingerprint density at radius 1 is 1.50 bits per heavy atom. The number of fused-ring (bicyclic) bond motifs is 1. The van der Waals surface area contributed by atoms with Gasteiger partial charge >= 0.3 is 5.97 Å². The van der Waals surface area contributed by atoms with Crippen LogP contribution < -0.4 is 5.32 Å². The Hall–Kier alpha value is -1.84. The molecule has 0 aromatic heterocycles. The van der Waals surface area contributed by atoms with Crippen LogP contribution in [0.15, 0.2) is 24.3 Å². The van der Waals surface area contributed by atoms with Crippen molar-refractivity contribution in [2.75, 3.05) is 18.5 Å². The van der Waals surface area contributed by atoms with Gasteiger partial charge in [0.25, 0.3) is 0 Å². The van der Waals surface area contributed by atoms with Gasteiger partial charge in [0.15, 0.2) is 5.78 Å². The van der Waals surface area contributed by atoms with E-state index >= 15 is 0 Å². The van der Waals surface area contributed by atoms with Crippen molar-refractivity contribution >= 4 is 17.4 Å². The maximum absolute atomic E-state index is 12.0. The van der Waals surface area contributed by atoms with Crippen LogP contribution in [-0.4, -0.2) is 24.9 Å². The highest BCUT2D eigenvalue weighted by Crippen LogP contribution is 2.24. The zero-order valence-corrected chi connectivity index (χ0v) is 9.03. The van der Waals surface area contributed by atoms with Crippen LogP contribution in [0.2, 0.25) is 0 Å². The largest absolute Gasteiger partial charge is 0.465 e. The summed E-state index contributed by atoms with van der Waals surface area (Å²) in [6.45, 7) is 2.34. The molecule has 0 aliphatic carbocycles. The van der Waals surface area contributed by atoms with Gasteiger partial charge in [-0.1, -0.05) is 12.1 Å². The predicted octanol–water partition coefficient (Wildman–Crippen LogP) is 1.47. The molecule has 0 radical (unpaired) electrons. The molecule has 2 rings (SSSR count). The number of benzene rings is 1. The summed E-state index contributed by atoms with van der Waals surface area (Å²) < 4.78 is 4.87. The van der Waals surface area contributed by atoms with E-state index in [1.807, 2.05) is 12.1 Å². The standard InChI is InChI=1S/C12H13NO3/c1-2-16-12(15)9-7-13-10-6-4-3-5-8(10)11(9)14/h3-6,9,13H,2,7H2,1H3/t9-/m0/s1. The molecule has 0 saturated heterocycles. The maximum atomic E-state index is 12.0. The molecule has 16 heavy (non-hydrogen) atoms. The first-order valence-electron chi connectivity index (χ1n) is 5.27. The fourth-order valence-electron chi connectivity index (χ4n) is 1.78. The van der Waals surface area contributed by atoms with E-state index in [0.717, 1.165) is 5.69 Å². The molecule has 1 aromatic carbocycles. The summed E-state index contributed by atoms with van der Waals surface area (Å²) in [4.78, 5) is 23.5. The number of rotatable bonds is 2. The molecule has 0 unspecified atom stereocenters. The number of ether oxygens (including phenoxy) is 1. The van der Waals surface area contributed by atoms with Crippen molar-refractivity contribution in [2.24, 2.45) is 5.92 Å². The minimum atomic E-state index is -0.713. The minimum absolute atomic E-state index is 0.159. The zero-order valence-electron chi connectivity index (χ0n) is 9.03. The van der Waals surface area contributed by atoms with E-state index in [0.29, 0.717) is 18.7 Å². The van der Waals surface area contributed by atoms with E-state index in [1.54, 1.807) is 19.1 Å². The topological polar surface area (TPSA) is 55.4 Å². The summed E-state index contributed by atoms with van der Waals surface area (Å²) in [7, 11) is 0. The highest BCUT2D eigenvalue weighted by atomic mass is 16.5. The Kier molecular flexibility index (Phi) is 2.90. The molecule has 1 N–H and O–H groups in total. The summed E-state index contributed by atoms with van der Waals surface area (Å²) in [5, 5.41) is 3.06. The number of para-hydroxylation sites is 1. The lowest BCUT2D eigenvalue weighted by Crippen LogP contribution is -2.36. The van der Waals surface area contributed by atoms with Crippen molar-refractivity contribution in [2.45, 2.75) is 6.92 Å². The first-order chi connectivity index (χ1) is 7.74. The molecule has 4 nitrogen and oxygen atoms in total. The number of hydrogen-bond acceptors (Lipinski definition) is 4. The molecule has 1 atom stereocenters. The van der Waals surface area contributed by atoms with Gasteiger partial charge in [-0.2, -0.15) is 0 Å². The second kappa shape index (κ2) is 4.35. The summed E-state index contributed by atoms with van der Waals surface area (Å²) in [5.41, 5.74) is 1.35. The number of nitrogens with one attached hydrogen (secondary N) is 1. The quantitative estimate of drug-likeness (QED) is 0.604. The van der Waals surface area contributed by atoms with Gasteiger partial charge in [-0.05, 0) is 19.1 Å². The fraction of sp³-hybridized carbons (Fsp3) is 0.333. The van der Waals surface area contributed by atoms with E-state index in [2.05, 4.69) is 5.32 Å². The second-order valence-corrected chi connectivity index (χ2v) is 3.60. The molecular formula is C12H13NO3. The first-order valence-corrected chi connectivity index (χ1v) is 5.27. The number of carbonyl (C=O) groups excluding carboxylic acids is 2. The van der Waals surface area contributed by atoms with Crippen LogP contribution in [0.3, 0.4) is 0 Å².